The van der Waals surface area contributed by atoms with Crippen molar-refractivity contribution < 1.29 is 18.0 Å². The normalized spacial score (nSPS) is 12.0. The van der Waals surface area contributed by atoms with Gasteiger partial charge in [0.15, 0.2) is 0 Å². The van der Waals surface area contributed by atoms with Crippen LogP contribution in [0.15, 0.2) is 71.6 Å². The fourth-order valence-corrected chi connectivity index (χ4v) is 6.28. The molecule has 0 saturated carbocycles. The highest BCUT2D eigenvalue weighted by Crippen LogP contribution is 2.27. The topological polar surface area (TPSA) is 86.8 Å². The Hall–Kier alpha value is -3.07. The van der Waals surface area contributed by atoms with Crippen molar-refractivity contribution >= 4 is 50.7 Å². The van der Waals surface area contributed by atoms with E-state index in [0.29, 0.717) is 34.3 Å². The largest absolute Gasteiger partial charge is 0.354 e. The van der Waals surface area contributed by atoms with Crippen molar-refractivity contribution in [1.29, 1.82) is 0 Å². The molecule has 0 heterocycles. The minimum atomic E-state index is -4.13. The molecule has 41 heavy (non-hydrogen) atoms. The van der Waals surface area contributed by atoms with E-state index in [2.05, 4.69) is 5.32 Å². The van der Waals surface area contributed by atoms with Gasteiger partial charge < -0.3 is 10.2 Å². The molecule has 0 fully saturated rings. The highest BCUT2D eigenvalue weighted by molar-refractivity contribution is 7.92. The van der Waals surface area contributed by atoms with E-state index in [0.717, 1.165) is 28.3 Å². The molecule has 0 bridgehead atoms. The van der Waals surface area contributed by atoms with Crippen molar-refractivity contribution in [2.24, 2.45) is 0 Å². The average molecular weight is 619 g/mol. The van der Waals surface area contributed by atoms with Crippen LogP contribution in [0.3, 0.4) is 0 Å². The molecule has 10 heteroatoms. The van der Waals surface area contributed by atoms with Crippen LogP contribution in [0.5, 0.6) is 0 Å². The van der Waals surface area contributed by atoms with Crippen molar-refractivity contribution in [2.75, 3.05) is 17.4 Å². The smallest absolute Gasteiger partial charge is 0.264 e. The number of halogens is 2. The Bertz CT molecular complexity index is 1460. The number of hydrogen-bond donors (Lipinski definition) is 1. The fourth-order valence-electron chi connectivity index (χ4n) is 4.41. The number of carbonyl (C=O) groups is 2. The molecule has 0 unspecified atom stereocenters. The maximum Gasteiger partial charge on any atom is 0.264 e. The second-order valence-electron chi connectivity index (χ2n) is 9.99. The molecule has 1 atom stereocenters. The molecule has 3 aromatic rings. The molecule has 0 aliphatic heterocycles. The lowest BCUT2D eigenvalue weighted by atomic mass is 10.1. The first-order valence-electron chi connectivity index (χ1n) is 13.6. The van der Waals surface area contributed by atoms with Gasteiger partial charge in [-0.2, -0.15) is 0 Å². The number of hydrogen-bond acceptors (Lipinski definition) is 4. The van der Waals surface area contributed by atoms with Gasteiger partial charge in [-0.15, -0.1) is 0 Å². The third kappa shape index (κ3) is 8.47. The van der Waals surface area contributed by atoms with E-state index < -0.39 is 28.5 Å². The maximum absolute atomic E-state index is 14.1. The fraction of sp³-hybridized carbons (Fsp3) is 0.355. The summed E-state index contributed by atoms with van der Waals surface area (Å²) in [6.07, 6.45) is 2.03. The lowest BCUT2D eigenvalue weighted by Gasteiger charge is -2.33. The maximum atomic E-state index is 14.1. The third-order valence-electron chi connectivity index (χ3n) is 6.75. The van der Waals surface area contributed by atoms with E-state index in [-0.39, 0.29) is 17.3 Å². The van der Waals surface area contributed by atoms with Crippen LogP contribution in [0.4, 0.5) is 5.69 Å². The molecule has 0 aliphatic rings. The minimum Gasteiger partial charge on any atom is -0.354 e. The van der Waals surface area contributed by atoms with E-state index in [9.17, 15) is 18.0 Å². The Morgan fingerprint density at radius 1 is 0.927 bits per heavy atom. The zero-order valence-electron chi connectivity index (χ0n) is 23.9. The predicted molar refractivity (Wildman–Crippen MR) is 166 cm³/mol. The molecule has 7 nitrogen and oxygen atoms in total. The minimum absolute atomic E-state index is 0.000771. The van der Waals surface area contributed by atoms with Crippen molar-refractivity contribution in [3.8, 4) is 0 Å². The summed E-state index contributed by atoms with van der Waals surface area (Å²) < 4.78 is 29.0. The van der Waals surface area contributed by atoms with Gasteiger partial charge in [0.25, 0.3) is 10.0 Å². The number of benzene rings is 3. The number of sulfonamides is 1. The SMILES string of the molecule is CCCCNC(=O)[C@H](CC)N(Cc1ccc(Cl)cc1Cl)C(=O)CN(c1cccc(C)c1)S(=O)(=O)c1ccc(C)cc1. The van der Waals surface area contributed by atoms with Crippen LogP contribution in [-0.2, 0) is 26.2 Å². The second-order valence-corrected chi connectivity index (χ2v) is 12.7. The van der Waals surface area contributed by atoms with Crippen molar-refractivity contribution in [3.05, 3.63) is 93.5 Å². The third-order valence-corrected chi connectivity index (χ3v) is 9.12. The molecule has 3 aromatic carbocycles. The van der Waals surface area contributed by atoms with Crippen LogP contribution in [0.1, 0.15) is 49.8 Å². The molecule has 0 saturated heterocycles. The van der Waals surface area contributed by atoms with Gasteiger partial charge in [0.05, 0.1) is 10.6 Å². The Kier molecular flexibility index (Phi) is 11.6. The summed E-state index contributed by atoms with van der Waals surface area (Å²) in [5.74, 6) is -0.839. The predicted octanol–water partition coefficient (Wildman–Crippen LogP) is 6.53. The zero-order valence-corrected chi connectivity index (χ0v) is 26.2. The van der Waals surface area contributed by atoms with Crippen LogP contribution in [0.25, 0.3) is 0 Å². The first-order valence-corrected chi connectivity index (χ1v) is 15.8. The lowest BCUT2D eigenvalue weighted by molar-refractivity contribution is -0.140. The Morgan fingerprint density at radius 3 is 2.24 bits per heavy atom. The molecular weight excluding hydrogens is 581 g/mol. The number of nitrogens with one attached hydrogen (secondary N) is 1. The first kappa shape index (κ1) is 32.4. The number of aryl methyl sites for hydroxylation is 2. The van der Waals surface area contributed by atoms with E-state index in [1.165, 1.54) is 17.0 Å². The van der Waals surface area contributed by atoms with Crippen molar-refractivity contribution in [3.63, 3.8) is 0 Å². The Balaban J connectivity index is 2.06. The number of rotatable bonds is 13. The van der Waals surface area contributed by atoms with E-state index >= 15 is 0 Å². The highest BCUT2D eigenvalue weighted by atomic mass is 35.5. The molecule has 3 rings (SSSR count). The number of unbranched alkanes of at least 4 members (excludes halogenated alkanes) is 1. The van der Waals surface area contributed by atoms with Gasteiger partial charge in [-0.3, -0.25) is 13.9 Å². The number of nitrogens with zero attached hydrogens (tertiary/aromatic N) is 2. The van der Waals surface area contributed by atoms with Gasteiger partial charge in [0.1, 0.15) is 12.6 Å². The molecular formula is C31H37Cl2N3O4S. The van der Waals surface area contributed by atoms with Gasteiger partial charge in [-0.05, 0) is 74.2 Å². The van der Waals surface area contributed by atoms with Crippen LogP contribution in [-0.4, -0.2) is 44.3 Å². The lowest BCUT2D eigenvalue weighted by Crippen LogP contribution is -2.52. The zero-order chi connectivity index (χ0) is 30.2. The second kappa shape index (κ2) is 14.7. The Morgan fingerprint density at radius 2 is 1.63 bits per heavy atom. The summed E-state index contributed by atoms with van der Waals surface area (Å²) in [7, 11) is -4.13. The number of anilines is 1. The average Bonchev–Trinajstić information content (AvgIpc) is 2.93. The van der Waals surface area contributed by atoms with Crippen LogP contribution in [0.2, 0.25) is 10.0 Å². The van der Waals surface area contributed by atoms with Crippen LogP contribution >= 0.6 is 23.2 Å². The first-order chi connectivity index (χ1) is 19.5. The Labute approximate surface area is 253 Å². The molecule has 220 valence electrons. The van der Waals surface area contributed by atoms with Gasteiger partial charge in [-0.25, -0.2) is 8.42 Å². The highest BCUT2D eigenvalue weighted by Gasteiger charge is 2.34. The molecule has 0 aliphatic carbocycles. The standard InChI is InChI=1S/C31H37Cl2N3O4S/c1-5-7-17-34-31(38)29(6-2)35(20-24-13-14-25(32)19-28(24)33)30(37)21-36(26-10-8-9-23(4)18-26)41(39,40)27-15-11-22(3)12-16-27/h8-16,18-19,29H,5-7,17,20-21H2,1-4H3,(H,34,38)/t29-/m0/s1. The van der Waals surface area contributed by atoms with E-state index in [4.69, 9.17) is 23.2 Å². The number of carbonyl (C=O) groups excluding carboxylic acids is 2. The summed E-state index contributed by atoms with van der Waals surface area (Å²) in [5.41, 5.74) is 2.69. The summed E-state index contributed by atoms with van der Waals surface area (Å²) in [5, 5.41) is 3.70. The van der Waals surface area contributed by atoms with Crippen LogP contribution in [0, 0.1) is 13.8 Å². The van der Waals surface area contributed by atoms with E-state index in [1.54, 1.807) is 48.5 Å². The van der Waals surface area contributed by atoms with Crippen LogP contribution < -0.4 is 9.62 Å². The van der Waals surface area contributed by atoms with Gasteiger partial charge in [-0.1, -0.05) is 79.4 Å². The van der Waals surface area contributed by atoms with Gasteiger partial charge >= 0.3 is 0 Å². The molecule has 2 amide bonds. The number of amides is 2. The molecule has 0 radical (unpaired) electrons. The van der Waals surface area contributed by atoms with E-state index in [1.807, 2.05) is 33.8 Å². The summed E-state index contributed by atoms with van der Waals surface area (Å²) >= 11 is 12.6. The summed E-state index contributed by atoms with van der Waals surface area (Å²) in [6, 6.07) is 17.5. The molecule has 1 N–H and O–H groups in total. The molecule has 0 spiro atoms. The van der Waals surface area contributed by atoms with Gasteiger partial charge in [0, 0.05) is 23.1 Å². The quantitative estimate of drug-likeness (QED) is 0.221. The van der Waals surface area contributed by atoms with Gasteiger partial charge in [0.2, 0.25) is 11.8 Å². The monoisotopic (exact) mass is 617 g/mol. The summed E-state index contributed by atoms with van der Waals surface area (Å²) in [6.45, 7) is 7.53. The molecule has 0 aromatic heterocycles. The summed E-state index contributed by atoms with van der Waals surface area (Å²) in [4.78, 5) is 28.9. The van der Waals surface area contributed by atoms with Crippen molar-refractivity contribution in [2.45, 2.75) is 64.4 Å². The van der Waals surface area contributed by atoms with Crippen molar-refractivity contribution in [1.82, 2.24) is 10.2 Å².